The molecule has 18 heavy (non-hydrogen) atoms. The SMILES string of the molecule is CCCC(COC)NC(C)c1cc(F)cc(F)c1. The van der Waals surface area contributed by atoms with E-state index >= 15 is 0 Å². The number of hydrogen-bond donors (Lipinski definition) is 1. The lowest BCUT2D eigenvalue weighted by Crippen LogP contribution is -2.35. The predicted octanol–water partition coefficient (Wildman–Crippen LogP) is 3.43. The number of benzene rings is 1. The molecule has 2 nitrogen and oxygen atoms in total. The van der Waals surface area contributed by atoms with E-state index in [9.17, 15) is 8.78 Å². The van der Waals surface area contributed by atoms with Gasteiger partial charge < -0.3 is 10.1 Å². The van der Waals surface area contributed by atoms with Crippen molar-refractivity contribution in [2.75, 3.05) is 13.7 Å². The summed E-state index contributed by atoms with van der Waals surface area (Å²) < 4.78 is 31.4. The van der Waals surface area contributed by atoms with Gasteiger partial charge in [-0.3, -0.25) is 0 Å². The Balaban J connectivity index is 2.69. The highest BCUT2D eigenvalue weighted by atomic mass is 19.1. The highest BCUT2D eigenvalue weighted by molar-refractivity contribution is 5.21. The quantitative estimate of drug-likeness (QED) is 0.808. The van der Waals surface area contributed by atoms with Gasteiger partial charge >= 0.3 is 0 Å². The van der Waals surface area contributed by atoms with Crippen LogP contribution in [0.5, 0.6) is 0 Å². The number of halogens is 2. The molecule has 1 rings (SSSR count). The van der Waals surface area contributed by atoms with Crippen molar-refractivity contribution in [3.8, 4) is 0 Å². The molecule has 0 aliphatic rings. The molecule has 1 aromatic rings. The largest absolute Gasteiger partial charge is 0.383 e. The number of methoxy groups -OCH3 is 1. The Kier molecular flexibility index (Phi) is 6.22. The molecule has 2 unspecified atom stereocenters. The molecule has 0 bridgehead atoms. The fraction of sp³-hybridized carbons (Fsp3) is 0.571. The van der Waals surface area contributed by atoms with Crippen molar-refractivity contribution in [3.05, 3.63) is 35.4 Å². The molecule has 0 aliphatic heterocycles. The minimum atomic E-state index is -0.544. The van der Waals surface area contributed by atoms with E-state index in [1.165, 1.54) is 12.1 Å². The van der Waals surface area contributed by atoms with Gasteiger partial charge in [0, 0.05) is 25.3 Å². The summed E-state index contributed by atoms with van der Waals surface area (Å²) in [5, 5.41) is 3.33. The Morgan fingerprint density at radius 3 is 2.33 bits per heavy atom. The van der Waals surface area contributed by atoms with E-state index in [1.807, 2.05) is 6.92 Å². The molecular formula is C14H21F2NO. The topological polar surface area (TPSA) is 21.3 Å². The molecular weight excluding hydrogens is 236 g/mol. The van der Waals surface area contributed by atoms with Crippen LogP contribution < -0.4 is 5.32 Å². The van der Waals surface area contributed by atoms with E-state index < -0.39 is 11.6 Å². The van der Waals surface area contributed by atoms with Crippen LogP contribution in [0.2, 0.25) is 0 Å². The number of nitrogens with one attached hydrogen (secondary N) is 1. The maximum absolute atomic E-state index is 13.1. The summed E-state index contributed by atoms with van der Waals surface area (Å²) in [6.07, 6.45) is 2.00. The van der Waals surface area contributed by atoms with Crippen LogP contribution in [-0.2, 0) is 4.74 Å². The van der Waals surface area contributed by atoms with Crippen molar-refractivity contribution in [1.82, 2.24) is 5.32 Å². The molecule has 2 atom stereocenters. The summed E-state index contributed by atoms with van der Waals surface area (Å²) in [6.45, 7) is 4.58. The highest BCUT2D eigenvalue weighted by Gasteiger charge is 2.14. The van der Waals surface area contributed by atoms with E-state index in [0.29, 0.717) is 12.2 Å². The zero-order chi connectivity index (χ0) is 13.5. The first kappa shape index (κ1) is 15.1. The standard InChI is InChI=1S/C14H21F2NO/c1-4-5-14(9-18-3)17-10(2)11-6-12(15)8-13(16)7-11/h6-8,10,14,17H,4-5,9H2,1-3H3. The van der Waals surface area contributed by atoms with Crippen molar-refractivity contribution in [2.45, 2.75) is 38.8 Å². The third-order valence-corrected chi connectivity index (χ3v) is 2.88. The normalized spacial score (nSPS) is 14.5. The van der Waals surface area contributed by atoms with Gasteiger partial charge in [-0.15, -0.1) is 0 Å². The molecule has 0 radical (unpaired) electrons. The van der Waals surface area contributed by atoms with E-state index in [1.54, 1.807) is 7.11 Å². The van der Waals surface area contributed by atoms with Crippen molar-refractivity contribution >= 4 is 0 Å². The first-order valence-corrected chi connectivity index (χ1v) is 6.27. The molecule has 102 valence electrons. The maximum Gasteiger partial charge on any atom is 0.126 e. The van der Waals surface area contributed by atoms with Crippen LogP contribution in [0, 0.1) is 11.6 Å². The van der Waals surface area contributed by atoms with Crippen LogP contribution in [0.15, 0.2) is 18.2 Å². The van der Waals surface area contributed by atoms with Gasteiger partial charge in [0.1, 0.15) is 11.6 Å². The molecule has 1 N–H and O–H groups in total. The summed E-state index contributed by atoms with van der Waals surface area (Å²) in [4.78, 5) is 0. The Bertz CT molecular complexity index is 345. The molecule has 0 spiro atoms. The molecule has 0 fully saturated rings. The highest BCUT2D eigenvalue weighted by Crippen LogP contribution is 2.17. The summed E-state index contributed by atoms with van der Waals surface area (Å²) in [5.74, 6) is -1.09. The van der Waals surface area contributed by atoms with Crippen LogP contribution in [-0.4, -0.2) is 19.8 Å². The minimum Gasteiger partial charge on any atom is -0.383 e. The molecule has 0 amide bonds. The minimum absolute atomic E-state index is 0.109. The maximum atomic E-state index is 13.1. The molecule has 0 saturated carbocycles. The number of rotatable bonds is 7. The number of hydrogen-bond acceptors (Lipinski definition) is 2. The number of ether oxygens (including phenoxy) is 1. The average Bonchev–Trinajstić information content (AvgIpc) is 2.28. The van der Waals surface area contributed by atoms with Gasteiger partial charge in [0.05, 0.1) is 6.61 Å². The second kappa shape index (κ2) is 7.44. The third kappa shape index (κ3) is 4.70. The molecule has 0 aliphatic carbocycles. The van der Waals surface area contributed by atoms with Crippen LogP contribution >= 0.6 is 0 Å². The van der Waals surface area contributed by atoms with Crippen molar-refractivity contribution in [3.63, 3.8) is 0 Å². The van der Waals surface area contributed by atoms with Gasteiger partial charge in [0.15, 0.2) is 0 Å². The Hall–Kier alpha value is -1.00. The summed E-state index contributed by atoms with van der Waals surface area (Å²) in [6, 6.07) is 3.69. The van der Waals surface area contributed by atoms with Gasteiger partial charge in [-0.1, -0.05) is 13.3 Å². The van der Waals surface area contributed by atoms with Gasteiger partial charge in [-0.05, 0) is 31.0 Å². The third-order valence-electron chi connectivity index (χ3n) is 2.88. The smallest absolute Gasteiger partial charge is 0.126 e. The van der Waals surface area contributed by atoms with Crippen LogP contribution in [0.3, 0.4) is 0 Å². The monoisotopic (exact) mass is 257 g/mol. The second-order valence-electron chi connectivity index (χ2n) is 4.53. The second-order valence-corrected chi connectivity index (χ2v) is 4.53. The zero-order valence-electron chi connectivity index (χ0n) is 11.2. The lowest BCUT2D eigenvalue weighted by atomic mass is 10.1. The van der Waals surface area contributed by atoms with E-state index in [2.05, 4.69) is 12.2 Å². The van der Waals surface area contributed by atoms with E-state index in [0.717, 1.165) is 18.9 Å². The Morgan fingerprint density at radius 2 is 1.83 bits per heavy atom. The Morgan fingerprint density at radius 1 is 1.22 bits per heavy atom. The molecule has 0 aromatic heterocycles. The van der Waals surface area contributed by atoms with Crippen molar-refractivity contribution in [1.29, 1.82) is 0 Å². The van der Waals surface area contributed by atoms with Crippen molar-refractivity contribution < 1.29 is 13.5 Å². The van der Waals surface area contributed by atoms with E-state index in [-0.39, 0.29) is 12.1 Å². The first-order chi connectivity index (χ1) is 8.56. The van der Waals surface area contributed by atoms with Crippen LogP contribution in [0.1, 0.15) is 38.3 Å². The predicted molar refractivity (Wildman–Crippen MR) is 68.5 cm³/mol. The molecule has 0 saturated heterocycles. The average molecular weight is 257 g/mol. The lowest BCUT2D eigenvalue weighted by Gasteiger charge is -2.23. The van der Waals surface area contributed by atoms with E-state index in [4.69, 9.17) is 4.74 Å². The zero-order valence-corrected chi connectivity index (χ0v) is 11.2. The van der Waals surface area contributed by atoms with Gasteiger partial charge in [0.25, 0.3) is 0 Å². The molecule has 0 heterocycles. The van der Waals surface area contributed by atoms with Crippen molar-refractivity contribution in [2.24, 2.45) is 0 Å². The molecule has 1 aromatic carbocycles. The van der Waals surface area contributed by atoms with Crippen LogP contribution in [0.25, 0.3) is 0 Å². The summed E-state index contributed by atoms with van der Waals surface area (Å²) in [5.41, 5.74) is 0.615. The fourth-order valence-electron chi connectivity index (χ4n) is 2.04. The summed E-state index contributed by atoms with van der Waals surface area (Å²) in [7, 11) is 1.65. The lowest BCUT2D eigenvalue weighted by molar-refractivity contribution is 0.157. The first-order valence-electron chi connectivity index (χ1n) is 6.27. The van der Waals surface area contributed by atoms with Gasteiger partial charge in [0.2, 0.25) is 0 Å². The van der Waals surface area contributed by atoms with Gasteiger partial charge in [-0.25, -0.2) is 8.78 Å². The fourth-order valence-corrected chi connectivity index (χ4v) is 2.04. The molecule has 4 heteroatoms. The Labute approximate surface area is 107 Å². The van der Waals surface area contributed by atoms with Crippen LogP contribution in [0.4, 0.5) is 8.78 Å². The summed E-state index contributed by atoms with van der Waals surface area (Å²) >= 11 is 0. The van der Waals surface area contributed by atoms with Gasteiger partial charge in [-0.2, -0.15) is 0 Å².